The lowest BCUT2D eigenvalue weighted by atomic mass is 9.82. The van der Waals surface area contributed by atoms with E-state index < -0.39 is 21.3 Å². The first-order valence-corrected chi connectivity index (χ1v) is 7.83. The molecule has 0 aromatic heterocycles. The molecule has 1 aliphatic carbocycles. The Labute approximate surface area is 102 Å². The molecular weight excluding hydrogens is 239 g/mol. The first-order valence-electron chi connectivity index (χ1n) is 5.88. The zero-order valence-corrected chi connectivity index (χ0v) is 10.7. The minimum atomic E-state index is -3.35. The van der Waals surface area contributed by atoms with Gasteiger partial charge in [-0.15, -0.1) is 0 Å². The van der Waals surface area contributed by atoms with Gasteiger partial charge in [0.25, 0.3) is 0 Å². The summed E-state index contributed by atoms with van der Waals surface area (Å²) >= 11 is 0. The van der Waals surface area contributed by atoms with Crippen molar-refractivity contribution in [1.29, 1.82) is 0 Å². The molecule has 0 aliphatic heterocycles. The Kier molecular flexibility index (Phi) is 3.52. The third-order valence-corrected chi connectivity index (χ3v) is 5.08. The lowest BCUT2D eigenvalue weighted by molar-refractivity contribution is 0.234. The Balaban J connectivity index is 2.37. The number of hydrogen-bond donors (Lipinski definition) is 0. The topological polar surface area (TPSA) is 34.1 Å². The van der Waals surface area contributed by atoms with Crippen molar-refractivity contribution >= 4 is 9.84 Å². The van der Waals surface area contributed by atoms with Crippen molar-refractivity contribution < 1.29 is 12.8 Å². The van der Waals surface area contributed by atoms with Crippen LogP contribution in [0.1, 0.15) is 30.7 Å². The van der Waals surface area contributed by atoms with E-state index in [0.717, 1.165) is 24.7 Å². The molecule has 94 valence electrons. The van der Waals surface area contributed by atoms with Gasteiger partial charge in [-0.3, -0.25) is 0 Å². The molecule has 0 spiro atoms. The normalized spacial score (nSPS) is 30.1. The van der Waals surface area contributed by atoms with Crippen molar-refractivity contribution in [2.24, 2.45) is 0 Å². The molecule has 2 nitrogen and oxygen atoms in total. The molecule has 3 atom stereocenters. The second-order valence-corrected chi connectivity index (χ2v) is 6.96. The van der Waals surface area contributed by atoms with E-state index in [1.54, 1.807) is 0 Å². The van der Waals surface area contributed by atoms with E-state index in [2.05, 4.69) is 0 Å². The van der Waals surface area contributed by atoms with Crippen LogP contribution in [0.5, 0.6) is 0 Å². The number of halogens is 1. The van der Waals surface area contributed by atoms with Gasteiger partial charge in [0.05, 0.1) is 5.25 Å². The van der Waals surface area contributed by atoms with Crippen LogP contribution in [-0.2, 0) is 9.84 Å². The van der Waals surface area contributed by atoms with Crippen LogP contribution in [0.2, 0.25) is 0 Å². The Morgan fingerprint density at radius 2 is 1.82 bits per heavy atom. The molecule has 4 heteroatoms. The van der Waals surface area contributed by atoms with Crippen molar-refractivity contribution in [3.63, 3.8) is 0 Å². The maximum atomic E-state index is 13.9. The Hall–Kier alpha value is -0.900. The molecule has 3 unspecified atom stereocenters. The summed E-state index contributed by atoms with van der Waals surface area (Å²) in [5.41, 5.74) is 0.935. The first kappa shape index (κ1) is 12.6. The zero-order valence-electron chi connectivity index (χ0n) is 9.84. The number of sulfone groups is 1. The Bertz CT molecular complexity index is 469. The maximum absolute atomic E-state index is 13.9. The zero-order chi connectivity index (χ0) is 12.5. The lowest BCUT2D eigenvalue weighted by Gasteiger charge is -2.33. The minimum absolute atomic E-state index is 0.199. The van der Waals surface area contributed by atoms with Gasteiger partial charge in [-0.05, 0) is 24.8 Å². The van der Waals surface area contributed by atoms with Gasteiger partial charge >= 0.3 is 0 Å². The number of alkyl halides is 1. The highest BCUT2D eigenvalue weighted by atomic mass is 32.2. The van der Waals surface area contributed by atoms with E-state index in [1.165, 1.54) is 0 Å². The molecule has 1 aromatic rings. The minimum Gasteiger partial charge on any atom is -0.246 e. The fraction of sp³-hybridized carbons (Fsp3) is 0.538. The third-order valence-electron chi connectivity index (χ3n) is 3.47. The van der Waals surface area contributed by atoms with Gasteiger partial charge in [-0.25, -0.2) is 12.8 Å². The van der Waals surface area contributed by atoms with Gasteiger partial charge in [-0.2, -0.15) is 0 Å². The number of benzene rings is 1. The predicted molar refractivity (Wildman–Crippen MR) is 66.6 cm³/mol. The highest BCUT2D eigenvalue weighted by molar-refractivity contribution is 7.91. The summed E-state index contributed by atoms with van der Waals surface area (Å²) < 4.78 is 37.4. The molecule has 1 aliphatic rings. The molecule has 2 rings (SSSR count). The molecule has 0 bridgehead atoms. The quantitative estimate of drug-likeness (QED) is 0.815. The van der Waals surface area contributed by atoms with E-state index in [-0.39, 0.29) is 5.92 Å². The van der Waals surface area contributed by atoms with Crippen molar-refractivity contribution in [3.05, 3.63) is 35.9 Å². The molecule has 17 heavy (non-hydrogen) atoms. The highest BCUT2D eigenvalue weighted by Gasteiger charge is 2.40. The molecule has 0 saturated heterocycles. The monoisotopic (exact) mass is 256 g/mol. The standard InChI is InChI=1S/C13H17FO2S/c1-17(15,16)13-11(8-5-9-12(13)14)10-6-3-2-4-7-10/h2-4,6-7,11-13H,5,8-9H2,1H3. The van der Waals surface area contributed by atoms with Crippen molar-refractivity contribution in [3.8, 4) is 0 Å². The summed E-state index contributed by atoms with van der Waals surface area (Å²) in [6.07, 6.45) is 1.78. The smallest absolute Gasteiger partial charge is 0.153 e. The molecule has 1 fully saturated rings. The van der Waals surface area contributed by atoms with Gasteiger partial charge < -0.3 is 0 Å². The summed E-state index contributed by atoms with van der Waals surface area (Å²) in [4.78, 5) is 0. The fourth-order valence-electron chi connectivity index (χ4n) is 2.74. The first-order chi connectivity index (χ1) is 8.00. The summed E-state index contributed by atoms with van der Waals surface area (Å²) in [7, 11) is -3.35. The van der Waals surface area contributed by atoms with Crippen LogP contribution >= 0.6 is 0 Å². The number of hydrogen-bond acceptors (Lipinski definition) is 2. The van der Waals surface area contributed by atoms with Crippen LogP contribution < -0.4 is 0 Å². The molecule has 1 aromatic carbocycles. The Morgan fingerprint density at radius 1 is 1.18 bits per heavy atom. The van der Waals surface area contributed by atoms with E-state index in [0.29, 0.717) is 6.42 Å². The van der Waals surface area contributed by atoms with E-state index in [1.807, 2.05) is 30.3 Å². The largest absolute Gasteiger partial charge is 0.246 e. The molecule has 1 saturated carbocycles. The van der Waals surface area contributed by atoms with Crippen LogP contribution in [0.25, 0.3) is 0 Å². The lowest BCUT2D eigenvalue weighted by Crippen LogP contribution is -2.39. The SMILES string of the molecule is CS(=O)(=O)C1C(F)CCCC1c1ccccc1. The predicted octanol–water partition coefficient (Wildman–Crippen LogP) is 2.71. The van der Waals surface area contributed by atoms with Crippen molar-refractivity contribution in [2.75, 3.05) is 6.26 Å². The van der Waals surface area contributed by atoms with Crippen LogP contribution in [0.3, 0.4) is 0 Å². The second-order valence-electron chi connectivity index (χ2n) is 4.76. The van der Waals surface area contributed by atoms with Crippen molar-refractivity contribution in [2.45, 2.75) is 36.6 Å². The van der Waals surface area contributed by atoms with E-state index in [9.17, 15) is 12.8 Å². The van der Waals surface area contributed by atoms with E-state index in [4.69, 9.17) is 0 Å². The van der Waals surface area contributed by atoms with Gasteiger partial charge in [0, 0.05) is 12.2 Å². The van der Waals surface area contributed by atoms with Crippen LogP contribution in [0.15, 0.2) is 30.3 Å². The summed E-state index contributed by atoms with van der Waals surface area (Å²) in [5.74, 6) is -0.199. The summed E-state index contributed by atoms with van der Waals surface area (Å²) in [6, 6.07) is 9.41. The average molecular weight is 256 g/mol. The number of rotatable bonds is 2. The Morgan fingerprint density at radius 3 is 2.41 bits per heavy atom. The summed E-state index contributed by atoms with van der Waals surface area (Å²) in [6.45, 7) is 0. The summed E-state index contributed by atoms with van der Waals surface area (Å²) in [5, 5.41) is -0.876. The molecule has 0 amide bonds. The highest BCUT2D eigenvalue weighted by Crippen LogP contribution is 2.38. The van der Waals surface area contributed by atoms with Crippen molar-refractivity contribution in [1.82, 2.24) is 0 Å². The van der Waals surface area contributed by atoms with Crippen LogP contribution in [0, 0.1) is 0 Å². The van der Waals surface area contributed by atoms with Gasteiger partial charge in [0.15, 0.2) is 9.84 Å². The molecule has 0 N–H and O–H groups in total. The van der Waals surface area contributed by atoms with E-state index >= 15 is 0 Å². The fourth-order valence-corrected chi connectivity index (χ4v) is 4.30. The third kappa shape index (κ3) is 2.68. The van der Waals surface area contributed by atoms with Crippen LogP contribution in [-0.4, -0.2) is 26.1 Å². The maximum Gasteiger partial charge on any atom is 0.153 e. The second kappa shape index (κ2) is 4.77. The van der Waals surface area contributed by atoms with Gasteiger partial charge in [-0.1, -0.05) is 30.3 Å². The molecular formula is C13H17FO2S. The molecule has 0 radical (unpaired) electrons. The average Bonchev–Trinajstić information content (AvgIpc) is 2.28. The van der Waals surface area contributed by atoms with Gasteiger partial charge in [0.2, 0.25) is 0 Å². The van der Waals surface area contributed by atoms with Crippen LogP contribution in [0.4, 0.5) is 4.39 Å². The molecule has 0 heterocycles. The van der Waals surface area contributed by atoms with Gasteiger partial charge in [0.1, 0.15) is 6.17 Å².